The van der Waals surface area contributed by atoms with Crippen LogP contribution in [0.4, 0.5) is 10.5 Å². The van der Waals surface area contributed by atoms with Crippen LogP contribution in [-0.2, 0) is 4.79 Å². The summed E-state index contributed by atoms with van der Waals surface area (Å²) in [5, 5.41) is 5.30. The number of urea groups is 1. The van der Waals surface area contributed by atoms with Crippen LogP contribution in [0.1, 0.15) is 41.7 Å². The van der Waals surface area contributed by atoms with Gasteiger partial charge < -0.3 is 5.32 Å². The third-order valence-corrected chi connectivity index (χ3v) is 4.32. The van der Waals surface area contributed by atoms with Crippen LogP contribution in [0, 0.1) is 0 Å². The zero-order chi connectivity index (χ0) is 18.5. The number of nitrogens with one attached hydrogen (secondary N) is 2. The maximum absolute atomic E-state index is 12.6. The van der Waals surface area contributed by atoms with Crippen molar-refractivity contribution < 1.29 is 14.4 Å². The molecule has 6 heteroatoms. The van der Waals surface area contributed by atoms with E-state index in [1.54, 1.807) is 24.3 Å². The lowest BCUT2D eigenvalue weighted by molar-refractivity contribution is -0.117. The number of rotatable bonds is 6. The average Bonchev–Trinajstić information content (AvgIpc) is 3.00. The van der Waals surface area contributed by atoms with Crippen molar-refractivity contribution in [3.05, 3.63) is 65.7 Å². The van der Waals surface area contributed by atoms with Crippen LogP contribution >= 0.6 is 0 Å². The van der Waals surface area contributed by atoms with Crippen molar-refractivity contribution in [3.63, 3.8) is 0 Å². The van der Waals surface area contributed by atoms with Gasteiger partial charge in [0.15, 0.2) is 0 Å². The number of hydrogen-bond donors (Lipinski definition) is 2. The molecule has 0 bridgehead atoms. The molecule has 1 saturated heterocycles. The molecule has 0 spiro atoms. The Morgan fingerprint density at radius 1 is 1.12 bits per heavy atom. The van der Waals surface area contributed by atoms with Crippen LogP contribution in [0.15, 0.2) is 54.6 Å². The minimum Gasteiger partial charge on any atom is -0.345 e. The highest BCUT2D eigenvalue weighted by Gasteiger charge is 2.28. The molecule has 0 saturated carbocycles. The van der Waals surface area contributed by atoms with Crippen molar-refractivity contribution in [2.45, 2.75) is 25.8 Å². The van der Waals surface area contributed by atoms with Gasteiger partial charge in [-0.05, 0) is 36.2 Å². The Morgan fingerprint density at radius 2 is 1.81 bits per heavy atom. The number of carbonyl (C=O) groups excluding carboxylic acids is 3. The van der Waals surface area contributed by atoms with Crippen molar-refractivity contribution in [1.82, 2.24) is 10.6 Å². The largest absolute Gasteiger partial charge is 0.345 e. The monoisotopic (exact) mass is 351 g/mol. The Bertz CT molecular complexity index is 803. The summed E-state index contributed by atoms with van der Waals surface area (Å²) >= 11 is 0. The van der Waals surface area contributed by atoms with E-state index in [1.165, 1.54) is 4.90 Å². The van der Waals surface area contributed by atoms with Gasteiger partial charge in [0.25, 0.3) is 5.91 Å². The molecular formula is C20H21N3O3. The second-order valence-electron chi connectivity index (χ2n) is 6.21. The first-order valence-corrected chi connectivity index (χ1v) is 8.65. The Labute approximate surface area is 152 Å². The normalized spacial score (nSPS) is 14.9. The van der Waals surface area contributed by atoms with Crippen LogP contribution in [-0.4, -0.2) is 24.4 Å². The first kappa shape index (κ1) is 17.7. The van der Waals surface area contributed by atoms with Crippen molar-refractivity contribution in [1.29, 1.82) is 0 Å². The molecule has 1 aliphatic heterocycles. The van der Waals surface area contributed by atoms with Gasteiger partial charge >= 0.3 is 6.03 Å². The molecule has 1 fully saturated rings. The average molecular weight is 351 g/mol. The fourth-order valence-corrected chi connectivity index (χ4v) is 2.98. The summed E-state index contributed by atoms with van der Waals surface area (Å²) in [5.41, 5.74) is 2.17. The fourth-order valence-electron chi connectivity index (χ4n) is 2.98. The van der Waals surface area contributed by atoms with E-state index in [0.717, 1.165) is 18.4 Å². The molecule has 2 N–H and O–H groups in total. The highest BCUT2D eigenvalue weighted by atomic mass is 16.2. The minimum absolute atomic E-state index is 0.00302. The molecule has 2 aromatic carbocycles. The van der Waals surface area contributed by atoms with E-state index in [4.69, 9.17) is 0 Å². The van der Waals surface area contributed by atoms with E-state index in [0.29, 0.717) is 11.3 Å². The number of carbonyl (C=O) groups is 3. The lowest BCUT2D eigenvalue weighted by Crippen LogP contribution is -2.29. The van der Waals surface area contributed by atoms with Crippen molar-refractivity contribution >= 4 is 23.5 Å². The summed E-state index contributed by atoms with van der Waals surface area (Å²) in [7, 11) is 0. The van der Waals surface area contributed by atoms with E-state index in [-0.39, 0.29) is 24.4 Å². The van der Waals surface area contributed by atoms with Gasteiger partial charge in [0.05, 0.1) is 6.04 Å². The predicted octanol–water partition coefficient (Wildman–Crippen LogP) is 3.01. The molecule has 4 amide bonds. The Morgan fingerprint density at radius 3 is 2.38 bits per heavy atom. The predicted molar refractivity (Wildman–Crippen MR) is 98.9 cm³/mol. The van der Waals surface area contributed by atoms with Gasteiger partial charge in [-0.1, -0.05) is 43.7 Å². The number of benzene rings is 2. The number of anilines is 1. The van der Waals surface area contributed by atoms with Crippen molar-refractivity contribution in [2.75, 3.05) is 11.4 Å². The second kappa shape index (κ2) is 7.82. The summed E-state index contributed by atoms with van der Waals surface area (Å²) in [4.78, 5) is 36.9. The zero-order valence-electron chi connectivity index (χ0n) is 14.6. The molecule has 1 heterocycles. The summed E-state index contributed by atoms with van der Waals surface area (Å²) < 4.78 is 0. The van der Waals surface area contributed by atoms with Crippen LogP contribution < -0.4 is 15.5 Å². The van der Waals surface area contributed by atoms with Crippen molar-refractivity contribution in [2.24, 2.45) is 0 Å². The molecule has 1 aliphatic rings. The van der Waals surface area contributed by atoms with Gasteiger partial charge in [0.1, 0.15) is 6.54 Å². The molecule has 0 aliphatic carbocycles. The van der Waals surface area contributed by atoms with E-state index in [9.17, 15) is 14.4 Å². The third kappa shape index (κ3) is 3.91. The van der Waals surface area contributed by atoms with Crippen LogP contribution in [0.5, 0.6) is 0 Å². The van der Waals surface area contributed by atoms with Gasteiger partial charge in [-0.15, -0.1) is 0 Å². The van der Waals surface area contributed by atoms with Crippen molar-refractivity contribution in [3.8, 4) is 0 Å². The number of nitrogens with zero attached hydrogens (tertiary/aromatic N) is 1. The quantitative estimate of drug-likeness (QED) is 0.785. The van der Waals surface area contributed by atoms with Crippen LogP contribution in [0.2, 0.25) is 0 Å². The molecule has 26 heavy (non-hydrogen) atoms. The molecule has 6 nitrogen and oxygen atoms in total. The summed E-state index contributed by atoms with van der Waals surface area (Å²) in [6, 6.07) is 16.1. The summed E-state index contributed by atoms with van der Waals surface area (Å²) in [6.45, 7) is 2.08. The minimum atomic E-state index is -0.445. The molecular weight excluding hydrogens is 330 g/mol. The standard InChI is InChI=1S/C20H21N3O3/c1-2-6-17(14-7-4-3-5-8-14)21-19(25)15-9-11-16(12-10-15)23-13-18(24)22-20(23)26/h3-5,7-12,17H,2,6,13H2,1H3,(H,21,25)(H,22,24,26). The number of imide groups is 1. The Balaban J connectivity index is 1.71. The smallest absolute Gasteiger partial charge is 0.329 e. The fraction of sp³-hybridized carbons (Fsp3) is 0.250. The van der Waals surface area contributed by atoms with E-state index in [1.807, 2.05) is 30.3 Å². The molecule has 0 aromatic heterocycles. The zero-order valence-corrected chi connectivity index (χ0v) is 14.6. The molecule has 2 aromatic rings. The topological polar surface area (TPSA) is 78.5 Å². The third-order valence-electron chi connectivity index (χ3n) is 4.32. The molecule has 0 radical (unpaired) electrons. The highest BCUT2D eigenvalue weighted by molar-refractivity contribution is 6.12. The SMILES string of the molecule is CCCC(NC(=O)c1ccc(N2CC(=O)NC2=O)cc1)c1ccccc1. The van der Waals surface area contributed by atoms with Gasteiger partial charge in [0, 0.05) is 11.3 Å². The number of amides is 4. The Hall–Kier alpha value is -3.15. The van der Waals surface area contributed by atoms with E-state index < -0.39 is 6.03 Å². The highest BCUT2D eigenvalue weighted by Crippen LogP contribution is 2.21. The summed E-state index contributed by atoms with van der Waals surface area (Å²) in [5.74, 6) is -0.497. The first-order valence-electron chi connectivity index (χ1n) is 8.65. The Kier molecular flexibility index (Phi) is 5.31. The van der Waals surface area contributed by atoms with Gasteiger partial charge in [-0.25, -0.2) is 4.79 Å². The van der Waals surface area contributed by atoms with Gasteiger partial charge in [-0.2, -0.15) is 0 Å². The molecule has 1 unspecified atom stereocenters. The van der Waals surface area contributed by atoms with E-state index >= 15 is 0 Å². The van der Waals surface area contributed by atoms with Crippen LogP contribution in [0.3, 0.4) is 0 Å². The molecule has 1 atom stereocenters. The maximum atomic E-state index is 12.6. The molecule has 134 valence electrons. The molecule has 3 rings (SSSR count). The number of hydrogen-bond acceptors (Lipinski definition) is 3. The van der Waals surface area contributed by atoms with E-state index in [2.05, 4.69) is 17.6 Å². The van der Waals surface area contributed by atoms with Gasteiger partial charge in [-0.3, -0.25) is 19.8 Å². The lowest BCUT2D eigenvalue weighted by Gasteiger charge is -2.19. The van der Waals surface area contributed by atoms with Gasteiger partial charge in [0.2, 0.25) is 5.91 Å². The van der Waals surface area contributed by atoms with Crippen LogP contribution in [0.25, 0.3) is 0 Å². The first-order chi connectivity index (χ1) is 12.6. The maximum Gasteiger partial charge on any atom is 0.329 e. The second-order valence-corrected chi connectivity index (χ2v) is 6.21. The summed E-state index contributed by atoms with van der Waals surface area (Å²) in [6.07, 6.45) is 1.81. The lowest BCUT2D eigenvalue weighted by atomic mass is 10.0.